The third kappa shape index (κ3) is 8.74. The highest BCUT2D eigenvalue weighted by Crippen LogP contribution is 2.04. The van der Waals surface area contributed by atoms with E-state index in [1.807, 2.05) is 20.8 Å². The van der Waals surface area contributed by atoms with E-state index in [9.17, 15) is 9.59 Å². The van der Waals surface area contributed by atoms with Crippen LogP contribution < -0.4 is 16.0 Å². The number of likely N-dealkylation sites (N-methyl/N-ethyl adjacent to an activating group) is 1. The van der Waals surface area contributed by atoms with Crippen molar-refractivity contribution in [2.75, 3.05) is 19.6 Å². The van der Waals surface area contributed by atoms with Gasteiger partial charge in [-0.05, 0) is 18.9 Å². The highest BCUT2D eigenvalue weighted by molar-refractivity contribution is 6.57. The van der Waals surface area contributed by atoms with E-state index in [1.54, 1.807) is 0 Å². The minimum absolute atomic E-state index is 0.185. The normalized spacial score (nSPS) is 12.2. The molecule has 0 heterocycles. The second kappa shape index (κ2) is 9.04. The minimum Gasteiger partial charge on any atom is -0.354 e. The van der Waals surface area contributed by atoms with E-state index in [0.717, 1.165) is 6.54 Å². The van der Waals surface area contributed by atoms with Gasteiger partial charge < -0.3 is 16.0 Å². The molecule has 2 radical (unpaired) electrons. The van der Waals surface area contributed by atoms with Gasteiger partial charge in [-0.2, -0.15) is 0 Å². The summed E-state index contributed by atoms with van der Waals surface area (Å²) < 4.78 is 0. The highest BCUT2D eigenvalue weighted by Gasteiger charge is 2.19. The van der Waals surface area contributed by atoms with Gasteiger partial charge in [-0.25, -0.2) is 0 Å². The first kappa shape index (κ1) is 16.0. The number of nitrogens with one attached hydrogen (secondary N) is 3. The van der Waals surface area contributed by atoms with E-state index in [-0.39, 0.29) is 5.91 Å². The Morgan fingerprint density at radius 2 is 1.88 bits per heavy atom. The number of amides is 2. The maximum Gasteiger partial charge on any atom is 0.242 e. The van der Waals surface area contributed by atoms with Gasteiger partial charge in [0.1, 0.15) is 6.04 Å². The zero-order valence-corrected chi connectivity index (χ0v) is 10.9. The van der Waals surface area contributed by atoms with Crippen molar-refractivity contribution in [3.8, 4) is 0 Å². The molecule has 0 aromatic rings. The molecular weight excluding hydrogens is 217 g/mol. The summed E-state index contributed by atoms with van der Waals surface area (Å²) in [5.41, 5.74) is 0. The Morgan fingerprint density at radius 3 is 2.35 bits per heavy atom. The SMILES string of the molecule is [B]C(=O)NC(CC(C)C)C(=O)NCCNCC. The van der Waals surface area contributed by atoms with Crippen LogP contribution in [-0.4, -0.2) is 45.2 Å². The van der Waals surface area contributed by atoms with Crippen molar-refractivity contribution in [1.29, 1.82) is 0 Å². The molecule has 1 unspecified atom stereocenters. The van der Waals surface area contributed by atoms with Gasteiger partial charge in [-0.15, -0.1) is 0 Å². The van der Waals surface area contributed by atoms with Gasteiger partial charge in [0.25, 0.3) is 0 Å². The number of carbonyl (C=O) groups excluding carboxylic acids is 2. The third-order valence-electron chi connectivity index (χ3n) is 2.19. The number of carbonyl (C=O) groups is 2. The molecular formula is C11H22BN3O2. The average Bonchev–Trinajstić information content (AvgIpc) is 2.22. The van der Waals surface area contributed by atoms with E-state index in [1.165, 1.54) is 0 Å². The summed E-state index contributed by atoms with van der Waals surface area (Å²) >= 11 is 0. The lowest BCUT2D eigenvalue weighted by Crippen LogP contribution is -2.48. The molecule has 0 aromatic carbocycles. The number of rotatable bonds is 8. The van der Waals surface area contributed by atoms with Gasteiger partial charge >= 0.3 is 0 Å². The molecule has 96 valence electrons. The van der Waals surface area contributed by atoms with Gasteiger partial charge in [0.2, 0.25) is 13.8 Å². The van der Waals surface area contributed by atoms with Crippen molar-refractivity contribution in [2.45, 2.75) is 33.2 Å². The van der Waals surface area contributed by atoms with Crippen LogP contribution in [0.5, 0.6) is 0 Å². The molecule has 0 aliphatic rings. The van der Waals surface area contributed by atoms with Crippen LogP contribution >= 0.6 is 0 Å². The summed E-state index contributed by atoms with van der Waals surface area (Å²) in [6, 6.07) is -0.547. The monoisotopic (exact) mass is 239 g/mol. The van der Waals surface area contributed by atoms with E-state index in [0.29, 0.717) is 25.4 Å². The maximum absolute atomic E-state index is 11.8. The molecule has 0 bridgehead atoms. The molecule has 0 aliphatic carbocycles. The summed E-state index contributed by atoms with van der Waals surface area (Å²) in [5, 5.41) is 8.31. The molecule has 0 rings (SSSR count). The first-order chi connectivity index (χ1) is 7.97. The Kier molecular flexibility index (Phi) is 8.49. The Hall–Kier alpha value is -1.04. The fraction of sp³-hybridized carbons (Fsp3) is 0.818. The molecule has 0 fully saturated rings. The molecule has 0 saturated heterocycles. The van der Waals surface area contributed by atoms with Crippen molar-refractivity contribution in [1.82, 2.24) is 16.0 Å². The summed E-state index contributed by atoms with van der Waals surface area (Å²) in [6.45, 7) is 8.10. The third-order valence-corrected chi connectivity index (χ3v) is 2.19. The molecule has 6 heteroatoms. The molecule has 0 saturated carbocycles. The smallest absolute Gasteiger partial charge is 0.242 e. The van der Waals surface area contributed by atoms with E-state index in [4.69, 9.17) is 7.85 Å². The Bertz CT molecular complexity index is 247. The van der Waals surface area contributed by atoms with Crippen molar-refractivity contribution in [3.63, 3.8) is 0 Å². The lowest BCUT2D eigenvalue weighted by Gasteiger charge is -2.19. The lowest BCUT2D eigenvalue weighted by molar-refractivity contribution is -0.123. The van der Waals surface area contributed by atoms with E-state index in [2.05, 4.69) is 16.0 Å². The first-order valence-electron chi connectivity index (χ1n) is 6.01. The van der Waals surface area contributed by atoms with Crippen LogP contribution in [0.4, 0.5) is 4.79 Å². The molecule has 0 aliphatic heterocycles. The molecule has 0 aromatic heterocycles. The average molecular weight is 239 g/mol. The summed E-state index contributed by atoms with van der Waals surface area (Å²) in [4.78, 5) is 22.6. The van der Waals surface area contributed by atoms with Crippen LogP contribution in [0.25, 0.3) is 0 Å². The summed E-state index contributed by atoms with van der Waals surface area (Å²) in [7, 11) is 5.04. The van der Waals surface area contributed by atoms with Crippen molar-refractivity contribution >= 4 is 19.6 Å². The van der Waals surface area contributed by atoms with Crippen LogP contribution in [0.2, 0.25) is 0 Å². The van der Waals surface area contributed by atoms with Gasteiger partial charge in [0.05, 0.1) is 0 Å². The predicted octanol–water partition coefficient (Wildman–Crippen LogP) is 0.00490. The Labute approximate surface area is 105 Å². The quantitative estimate of drug-likeness (QED) is 0.412. The molecule has 3 N–H and O–H groups in total. The van der Waals surface area contributed by atoms with Crippen molar-refractivity contribution in [3.05, 3.63) is 0 Å². The number of hydrogen-bond acceptors (Lipinski definition) is 3. The molecule has 5 nitrogen and oxygen atoms in total. The first-order valence-corrected chi connectivity index (χ1v) is 6.01. The van der Waals surface area contributed by atoms with Crippen LogP contribution in [0, 0.1) is 5.92 Å². The van der Waals surface area contributed by atoms with Crippen molar-refractivity contribution in [2.24, 2.45) is 5.92 Å². The summed E-state index contributed by atoms with van der Waals surface area (Å²) in [5.74, 6) is -0.542. The van der Waals surface area contributed by atoms with Gasteiger partial charge in [-0.3, -0.25) is 9.59 Å². The largest absolute Gasteiger partial charge is 0.354 e. The van der Waals surface area contributed by atoms with Gasteiger partial charge in [0.15, 0.2) is 5.81 Å². The van der Waals surface area contributed by atoms with Crippen LogP contribution in [0.3, 0.4) is 0 Å². The maximum atomic E-state index is 11.8. The molecule has 17 heavy (non-hydrogen) atoms. The van der Waals surface area contributed by atoms with Crippen LogP contribution in [-0.2, 0) is 4.79 Å². The van der Waals surface area contributed by atoms with Crippen LogP contribution in [0.1, 0.15) is 27.2 Å². The molecule has 1 atom stereocenters. The minimum atomic E-state index is -0.669. The lowest BCUT2D eigenvalue weighted by atomic mass is 10.0. The second-order valence-corrected chi connectivity index (χ2v) is 4.34. The topological polar surface area (TPSA) is 70.2 Å². The van der Waals surface area contributed by atoms with E-state index >= 15 is 0 Å². The van der Waals surface area contributed by atoms with Crippen LogP contribution in [0.15, 0.2) is 0 Å². The highest BCUT2D eigenvalue weighted by atomic mass is 16.2. The number of hydrogen-bond donors (Lipinski definition) is 3. The summed E-state index contributed by atoms with van der Waals surface area (Å²) in [6.07, 6.45) is 0.579. The second-order valence-electron chi connectivity index (χ2n) is 4.34. The zero-order chi connectivity index (χ0) is 13.3. The fourth-order valence-corrected chi connectivity index (χ4v) is 1.45. The molecule has 2 amide bonds. The van der Waals surface area contributed by atoms with Gasteiger partial charge in [0, 0.05) is 13.1 Å². The van der Waals surface area contributed by atoms with Crippen molar-refractivity contribution < 1.29 is 9.59 Å². The fourth-order valence-electron chi connectivity index (χ4n) is 1.45. The van der Waals surface area contributed by atoms with Gasteiger partial charge in [-0.1, -0.05) is 20.8 Å². The zero-order valence-electron chi connectivity index (χ0n) is 10.9. The van der Waals surface area contributed by atoms with E-state index < -0.39 is 11.8 Å². The Balaban J connectivity index is 4.08. The molecule has 0 spiro atoms. The standard InChI is InChI=1S/C11H22BN3O2/c1-4-13-5-6-14-10(16)9(7-8(2)3)15-11(12)17/h8-9,13H,4-7H2,1-3H3,(H,14,16)(H,15,17). The predicted molar refractivity (Wildman–Crippen MR) is 69.1 cm³/mol. The Morgan fingerprint density at radius 1 is 1.24 bits per heavy atom.